The molecule has 1 heterocycles. The van der Waals surface area contributed by atoms with Crippen molar-refractivity contribution in [1.29, 1.82) is 0 Å². The number of hydrogen-bond acceptors (Lipinski definition) is 2. The van der Waals surface area contributed by atoms with Gasteiger partial charge in [-0.2, -0.15) is 0 Å². The van der Waals surface area contributed by atoms with Gasteiger partial charge in [-0.25, -0.2) is 0 Å². The summed E-state index contributed by atoms with van der Waals surface area (Å²) in [5.74, 6) is 1.97. The van der Waals surface area contributed by atoms with Gasteiger partial charge in [-0.15, -0.1) is 0 Å². The number of piperidine rings is 1. The molecule has 2 aliphatic rings. The van der Waals surface area contributed by atoms with E-state index < -0.39 is 0 Å². The molecule has 0 aromatic carbocycles. The first-order valence-corrected chi connectivity index (χ1v) is 7.23. The first kappa shape index (κ1) is 12.4. The van der Waals surface area contributed by atoms with E-state index in [4.69, 9.17) is 0 Å². The van der Waals surface area contributed by atoms with E-state index in [9.17, 15) is 0 Å². The molecule has 16 heavy (non-hydrogen) atoms. The number of nitrogens with one attached hydrogen (secondary N) is 1. The molecular formula is C14H28N2. The van der Waals surface area contributed by atoms with Crippen LogP contribution in [0.15, 0.2) is 0 Å². The lowest BCUT2D eigenvalue weighted by atomic mass is 9.84. The van der Waals surface area contributed by atoms with Gasteiger partial charge in [0.15, 0.2) is 0 Å². The van der Waals surface area contributed by atoms with Crippen LogP contribution in [0.2, 0.25) is 0 Å². The maximum atomic E-state index is 3.55. The molecule has 0 bridgehead atoms. The minimum Gasteiger partial charge on any atom is -0.314 e. The van der Waals surface area contributed by atoms with Gasteiger partial charge in [0.25, 0.3) is 0 Å². The SMILES string of the molecule is CCN(CC1CCC1)CC1CCNC(C)C1. The van der Waals surface area contributed by atoms with E-state index in [1.54, 1.807) is 0 Å². The largest absolute Gasteiger partial charge is 0.314 e. The third kappa shape index (κ3) is 3.46. The van der Waals surface area contributed by atoms with E-state index in [0.29, 0.717) is 0 Å². The average molecular weight is 224 g/mol. The Hall–Kier alpha value is -0.0800. The van der Waals surface area contributed by atoms with Crippen LogP contribution < -0.4 is 5.32 Å². The maximum Gasteiger partial charge on any atom is 0.00418 e. The van der Waals surface area contributed by atoms with E-state index in [1.807, 2.05) is 0 Å². The lowest BCUT2D eigenvalue weighted by Gasteiger charge is -2.36. The second kappa shape index (κ2) is 6.02. The summed E-state index contributed by atoms with van der Waals surface area (Å²) in [6, 6.07) is 0.737. The normalized spacial score (nSPS) is 31.7. The van der Waals surface area contributed by atoms with Crippen molar-refractivity contribution in [3.8, 4) is 0 Å². The fourth-order valence-electron chi connectivity index (χ4n) is 3.14. The Bertz CT molecular complexity index is 201. The van der Waals surface area contributed by atoms with E-state index in [2.05, 4.69) is 24.1 Å². The summed E-state index contributed by atoms with van der Waals surface area (Å²) in [6.45, 7) is 9.84. The first-order valence-electron chi connectivity index (χ1n) is 7.23. The molecular weight excluding hydrogens is 196 g/mol. The Balaban J connectivity index is 1.71. The second-order valence-electron chi connectivity index (χ2n) is 5.89. The van der Waals surface area contributed by atoms with Crippen molar-refractivity contribution in [1.82, 2.24) is 10.2 Å². The van der Waals surface area contributed by atoms with Crippen molar-refractivity contribution in [3.63, 3.8) is 0 Å². The van der Waals surface area contributed by atoms with Gasteiger partial charge in [-0.05, 0) is 57.5 Å². The van der Waals surface area contributed by atoms with Crippen LogP contribution in [0.25, 0.3) is 0 Å². The molecule has 2 atom stereocenters. The zero-order chi connectivity index (χ0) is 11.4. The molecule has 0 aromatic heterocycles. The van der Waals surface area contributed by atoms with E-state index in [0.717, 1.165) is 17.9 Å². The van der Waals surface area contributed by atoms with E-state index in [1.165, 1.54) is 58.3 Å². The monoisotopic (exact) mass is 224 g/mol. The highest BCUT2D eigenvalue weighted by atomic mass is 15.1. The molecule has 2 nitrogen and oxygen atoms in total. The van der Waals surface area contributed by atoms with Crippen LogP contribution in [0.3, 0.4) is 0 Å². The van der Waals surface area contributed by atoms with Crippen molar-refractivity contribution in [2.24, 2.45) is 11.8 Å². The molecule has 1 saturated heterocycles. The van der Waals surface area contributed by atoms with Gasteiger partial charge in [0, 0.05) is 19.1 Å². The maximum absolute atomic E-state index is 3.55. The summed E-state index contributed by atoms with van der Waals surface area (Å²) in [4.78, 5) is 2.70. The third-order valence-electron chi connectivity index (χ3n) is 4.44. The Morgan fingerprint density at radius 2 is 1.88 bits per heavy atom. The molecule has 0 aromatic rings. The van der Waals surface area contributed by atoms with Crippen molar-refractivity contribution in [3.05, 3.63) is 0 Å². The van der Waals surface area contributed by atoms with Crippen LogP contribution in [0.1, 0.15) is 46.0 Å². The lowest BCUT2D eigenvalue weighted by molar-refractivity contribution is 0.146. The smallest absolute Gasteiger partial charge is 0.00418 e. The van der Waals surface area contributed by atoms with Crippen LogP contribution >= 0.6 is 0 Å². The van der Waals surface area contributed by atoms with Gasteiger partial charge >= 0.3 is 0 Å². The van der Waals surface area contributed by atoms with Crippen LogP contribution in [-0.2, 0) is 0 Å². The van der Waals surface area contributed by atoms with E-state index in [-0.39, 0.29) is 0 Å². The minimum absolute atomic E-state index is 0.737. The highest BCUT2D eigenvalue weighted by molar-refractivity contribution is 4.79. The molecule has 1 N–H and O–H groups in total. The lowest BCUT2D eigenvalue weighted by Crippen LogP contribution is -2.42. The number of hydrogen-bond donors (Lipinski definition) is 1. The van der Waals surface area contributed by atoms with Crippen molar-refractivity contribution < 1.29 is 0 Å². The summed E-state index contributed by atoms with van der Waals surface area (Å²) < 4.78 is 0. The average Bonchev–Trinajstić information content (AvgIpc) is 2.21. The predicted molar refractivity (Wildman–Crippen MR) is 69.6 cm³/mol. The fourth-order valence-corrected chi connectivity index (χ4v) is 3.14. The third-order valence-corrected chi connectivity index (χ3v) is 4.44. The molecule has 2 unspecified atom stereocenters. The van der Waals surface area contributed by atoms with Gasteiger partial charge in [0.1, 0.15) is 0 Å². The van der Waals surface area contributed by atoms with Crippen LogP contribution in [0.5, 0.6) is 0 Å². The number of rotatable bonds is 5. The van der Waals surface area contributed by atoms with Gasteiger partial charge in [0.05, 0.1) is 0 Å². The Labute approximate surface area is 101 Å². The van der Waals surface area contributed by atoms with Crippen LogP contribution in [0, 0.1) is 11.8 Å². The quantitative estimate of drug-likeness (QED) is 0.772. The second-order valence-corrected chi connectivity index (χ2v) is 5.89. The first-order chi connectivity index (χ1) is 7.78. The molecule has 0 amide bonds. The van der Waals surface area contributed by atoms with Crippen molar-refractivity contribution in [2.45, 2.75) is 52.0 Å². The summed E-state index contributed by atoms with van der Waals surface area (Å²) in [6.07, 6.45) is 7.21. The molecule has 0 radical (unpaired) electrons. The van der Waals surface area contributed by atoms with Gasteiger partial charge in [0.2, 0.25) is 0 Å². The summed E-state index contributed by atoms with van der Waals surface area (Å²) in [5.41, 5.74) is 0. The molecule has 2 fully saturated rings. The number of nitrogens with zero attached hydrogens (tertiary/aromatic N) is 1. The van der Waals surface area contributed by atoms with E-state index >= 15 is 0 Å². The summed E-state index contributed by atoms with van der Waals surface area (Å²) in [7, 11) is 0. The topological polar surface area (TPSA) is 15.3 Å². The Kier molecular flexibility index (Phi) is 4.66. The van der Waals surface area contributed by atoms with Crippen LogP contribution in [0.4, 0.5) is 0 Å². The fraction of sp³-hybridized carbons (Fsp3) is 1.00. The molecule has 2 heteroatoms. The van der Waals surface area contributed by atoms with Crippen molar-refractivity contribution in [2.75, 3.05) is 26.2 Å². The predicted octanol–water partition coefficient (Wildman–Crippen LogP) is 2.50. The van der Waals surface area contributed by atoms with Gasteiger partial charge in [-0.1, -0.05) is 13.3 Å². The standard InChI is InChI=1S/C14H28N2/c1-3-16(10-13-5-4-6-13)11-14-7-8-15-12(2)9-14/h12-15H,3-11H2,1-2H3. The van der Waals surface area contributed by atoms with Crippen molar-refractivity contribution >= 4 is 0 Å². The summed E-state index contributed by atoms with van der Waals surface area (Å²) in [5, 5.41) is 3.55. The Morgan fingerprint density at radius 3 is 2.44 bits per heavy atom. The Morgan fingerprint density at radius 1 is 1.12 bits per heavy atom. The zero-order valence-corrected chi connectivity index (χ0v) is 11.0. The molecule has 0 spiro atoms. The molecule has 1 aliphatic carbocycles. The zero-order valence-electron chi connectivity index (χ0n) is 11.0. The molecule has 2 rings (SSSR count). The highest BCUT2D eigenvalue weighted by Crippen LogP contribution is 2.28. The van der Waals surface area contributed by atoms with Gasteiger partial charge in [-0.3, -0.25) is 0 Å². The molecule has 1 aliphatic heterocycles. The minimum atomic E-state index is 0.737. The summed E-state index contributed by atoms with van der Waals surface area (Å²) >= 11 is 0. The van der Waals surface area contributed by atoms with Gasteiger partial charge < -0.3 is 10.2 Å². The molecule has 94 valence electrons. The highest BCUT2D eigenvalue weighted by Gasteiger charge is 2.24. The molecule has 1 saturated carbocycles. The van der Waals surface area contributed by atoms with Crippen LogP contribution in [-0.4, -0.2) is 37.1 Å².